The number of carbonyl (C=O) groups is 1. The van der Waals surface area contributed by atoms with Crippen molar-refractivity contribution in [1.29, 1.82) is 0 Å². The van der Waals surface area contributed by atoms with Gasteiger partial charge in [0, 0.05) is 33.2 Å². The lowest BCUT2D eigenvalue weighted by atomic mass is 9.77. The number of nitrogens with zero attached hydrogens (tertiary/aromatic N) is 1. The normalized spacial score (nSPS) is 30.2. The largest absolute Gasteiger partial charge is 0.416 e. The average molecular weight is 410 g/mol. The fraction of sp³-hybridized carbons (Fsp3) is 0.682. The molecule has 0 radical (unpaired) electrons. The molecule has 4 nitrogen and oxygen atoms in total. The van der Waals surface area contributed by atoms with Crippen LogP contribution in [-0.2, 0) is 22.3 Å². The van der Waals surface area contributed by atoms with Gasteiger partial charge in [-0.1, -0.05) is 18.2 Å². The second kappa shape index (κ2) is 8.26. The van der Waals surface area contributed by atoms with E-state index in [9.17, 15) is 18.0 Å². The SMILES string of the molecule is CC(=O)N[C@@H]1C[C@@H]2CN(Cc3cccc(C(F)(F)F)c3)C[C@@H]2C[C@H]1OCC1CC1. The Bertz CT molecular complexity index is 735. The Labute approximate surface area is 169 Å². The molecule has 1 amide bonds. The summed E-state index contributed by atoms with van der Waals surface area (Å²) in [4.78, 5) is 13.9. The zero-order valence-electron chi connectivity index (χ0n) is 16.8. The number of hydrogen-bond donors (Lipinski definition) is 1. The maximum atomic E-state index is 13.0. The van der Waals surface area contributed by atoms with E-state index in [0.717, 1.165) is 38.6 Å². The minimum atomic E-state index is -4.31. The molecule has 2 aliphatic carbocycles. The van der Waals surface area contributed by atoms with Crippen molar-refractivity contribution in [3.8, 4) is 0 Å². The second-order valence-corrected chi connectivity index (χ2v) is 9.01. The molecule has 4 atom stereocenters. The molecule has 4 rings (SSSR count). The van der Waals surface area contributed by atoms with E-state index in [1.165, 1.54) is 25.0 Å². The van der Waals surface area contributed by atoms with Crippen LogP contribution in [-0.4, -0.2) is 42.6 Å². The van der Waals surface area contributed by atoms with Crippen molar-refractivity contribution in [2.75, 3.05) is 19.7 Å². The lowest BCUT2D eigenvalue weighted by molar-refractivity contribution is -0.137. The van der Waals surface area contributed by atoms with Gasteiger partial charge in [0.2, 0.25) is 5.91 Å². The molecule has 160 valence electrons. The van der Waals surface area contributed by atoms with Gasteiger partial charge in [-0.05, 0) is 55.1 Å². The van der Waals surface area contributed by atoms with E-state index in [1.807, 2.05) is 0 Å². The van der Waals surface area contributed by atoms with Crippen LogP contribution in [0.4, 0.5) is 13.2 Å². The van der Waals surface area contributed by atoms with Crippen LogP contribution in [0.3, 0.4) is 0 Å². The third-order valence-electron chi connectivity index (χ3n) is 6.48. The third-order valence-corrected chi connectivity index (χ3v) is 6.48. The van der Waals surface area contributed by atoms with Gasteiger partial charge in [0.1, 0.15) is 0 Å². The zero-order chi connectivity index (χ0) is 20.6. The zero-order valence-corrected chi connectivity index (χ0v) is 16.8. The van der Waals surface area contributed by atoms with E-state index in [-0.39, 0.29) is 18.1 Å². The molecular weight excluding hydrogens is 381 g/mol. The molecule has 0 bridgehead atoms. The number of fused-ring (bicyclic) bond motifs is 1. The molecule has 0 unspecified atom stereocenters. The number of likely N-dealkylation sites (tertiary alicyclic amines) is 1. The standard InChI is InChI=1S/C22H29F3N2O2/c1-14(28)26-20-8-17-11-27(10-16-3-2-4-19(7-16)22(23,24)25)12-18(17)9-21(20)29-13-15-5-6-15/h2-4,7,15,17-18,20-21H,5-6,8-13H2,1H3,(H,26,28)/t17-,18+,20-,21-/m1/s1. The van der Waals surface area contributed by atoms with Gasteiger partial charge in [-0.15, -0.1) is 0 Å². The number of alkyl halides is 3. The topological polar surface area (TPSA) is 41.6 Å². The highest BCUT2D eigenvalue weighted by atomic mass is 19.4. The van der Waals surface area contributed by atoms with E-state index >= 15 is 0 Å². The lowest BCUT2D eigenvalue weighted by Gasteiger charge is -2.38. The molecule has 3 fully saturated rings. The first-order valence-corrected chi connectivity index (χ1v) is 10.5. The maximum Gasteiger partial charge on any atom is 0.416 e. The molecule has 0 aromatic heterocycles. The molecular formula is C22H29F3N2O2. The van der Waals surface area contributed by atoms with E-state index in [4.69, 9.17) is 4.74 Å². The van der Waals surface area contributed by atoms with Crippen molar-refractivity contribution < 1.29 is 22.7 Å². The summed E-state index contributed by atoms with van der Waals surface area (Å²) >= 11 is 0. The van der Waals surface area contributed by atoms with Crippen LogP contribution < -0.4 is 5.32 Å². The molecule has 2 saturated carbocycles. The minimum Gasteiger partial charge on any atom is -0.376 e. The number of amides is 1. The van der Waals surface area contributed by atoms with Crippen molar-refractivity contribution in [3.05, 3.63) is 35.4 Å². The Morgan fingerprint density at radius 3 is 2.59 bits per heavy atom. The van der Waals surface area contributed by atoms with E-state index in [2.05, 4.69) is 10.2 Å². The van der Waals surface area contributed by atoms with Gasteiger partial charge in [-0.3, -0.25) is 9.69 Å². The van der Waals surface area contributed by atoms with Gasteiger partial charge >= 0.3 is 6.18 Å². The fourth-order valence-corrected chi connectivity index (χ4v) is 4.89. The predicted molar refractivity (Wildman–Crippen MR) is 103 cm³/mol. The molecule has 7 heteroatoms. The molecule has 1 aliphatic heterocycles. The maximum absolute atomic E-state index is 13.0. The first kappa shape index (κ1) is 20.7. The lowest BCUT2D eigenvalue weighted by Crippen LogP contribution is -2.50. The summed E-state index contributed by atoms with van der Waals surface area (Å²) in [5.41, 5.74) is 0.101. The number of rotatable bonds is 6. The van der Waals surface area contributed by atoms with Crippen molar-refractivity contribution in [2.24, 2.45) is 17.8 Å². The van der Waals surface area contributed by atoms with E-state index in [0.29, 0.717) is 29.9 Å². The molecule has 1 aromatic carbocycles. The van der Waals surface area contributed by atoms with Crippen LogP contribution in [0.25, 0.3) is 0 Å². The number of benzene rings is 1. The quantitative estimate of drug-likeness (QED) is 0.775. The summed E-state index contributed by atoms with van der Waals surface area (Å²) in [6.45, 7) is 4.56. The Morgan fingerprint density at radius 2 is 1.93 bits per heavy atom. The summed E-state index contributed by atoms with van der Waals surface area (Å²) in [5, 5.41) is 3.07. The van der Waals surface area contributed by atoms with Gasteiger partial charge < -0.3 is 10.1 Å². The Balaban J connectivity index is 1.38. The molecule has 1 heterocycles. The number of hydrogen-bond acceptors (Lipinski definition) is 3. The minimum absolute atomic E-state index is 0.0287. The van der Waals surface area contributed by atoms with Crippen LogP contribution in [0, 0.1) is 17.8 Å². The summed E-state index contributed by atoms with van der Waals surface area (Å²) < 4.78 is 45.1. The van der Waals surface area contributed by atoms with Crippen LogP contribution >= 0.6 is 0 Å². The van der Waals surface area contributed by atoms with Crippen LogP contribution in [0.15, 0.2) is 24.3 Å². The van der Waals surface area contributed by atoms with Gasteiger partial charge in [-0.25, -0.2) is 0 Å². The molecule has 1 N–H and O–H groups in total. The van der Waals surface area contributed by atoms with Gasteiger partial charge in [0.25, 0.3) is 0 Å². The average Bonchev–Trinajstić information content (AvgIpc) is 3.39. The van der Waals surface area contributed by atoms with Crippen LogP contribution in [0.2, 0.25) is 0 Å². The van der Waals surface area contributed by atoms with Crippen molar-refractivity contribution in [3.63, 3.8) is 0 Å². The van der Waals surface area contributed by atoms with Crippen molar-refractivity contribution in [1.82, 2.24) is 10.2 Å². The highest BCUT2D eigenvalue weighted by Gasteiger charge is 2.43. The number of halogens is 3. The smallest absolute Gasteiger partial charge is 0.376 e. The van der Waals surface area contributed by atoms with Crippen LogP contribution in [0.1, 0.15) is 43.7 Å². The highest BCUT2D eigenvalue weighted by Crippen LogP contribution is 2.39. The molecule has 0 spiro atoms. The summed E-state index contributed by atoms with van der Waals surface area (Å²) in [5.74, 6) is 1.55. The van der Waals surface area contributed by atoms with Crippen LogP contribution in [0.5, 0.6) is 0 Å². The first-order valence-electron chi connectivity index (χ1n) is 10.5. The molecule has 1 aromatic rings. The van der Waals surface area contributed by atoms with E-state index in [1.54, 1.807) is 13.0 Å². The molecule has 1 saturated heterocycles. The molecule has 29 heavy (non-hydrogen) atoms. The third kappa shape index (κ3) is 5.31. The number of ether oxygens (including phenoxy) is 1. The van der Waals surface area contributed by atoms with Gasteiger partial charge in [0.05, 0.1) is 17.7 Å². The number of carbonyl (C=O) groups excluding carboxylic acids is 1. The number of nitrogens with one attached hydrogen (secondary N) is 1. The van der Waals surface area contributed by atoms with Gasteiger partial charge in [-0.2, -0.15) is 13.2 Å². The predicted octanol–water partition coefficient (Wildman–Crippen LogP) is 3.85. The first-order chi connectivity index (χ1) is 13.8. The van der Waals surface area contributed by atoms with Gasteiger partial charge in [0.15, 0.2) is 0 Å². The molecule has 3 aliphatic rings. The summed E-state index contributed by atoms with van der Waals surface area (Å²) in [7, 11) is 0. The Hall–Kier alpha value is -1.60. The fourth-order valence-electron chi connectivity index (χ4n) is 4.89. The summed E-state index contributed by atoms with van der Waals surface area (Å²) in [6.07, 6.45) is -0.0376. The van der Waals surface area contributed by atoms with Crippen molar-refractivity contribution >= 4 is 5.91 Å². The monoisotopic (exact) mass is 410 g/mol. The van der Waals surface area contributed by atoms with Crippen molar-refractivity contribution in [2.45, 2.75) is 57.5 Å². The highest BCUT2D eigenvalue weighted by molar-refractivity contribution is 5.73. The van der Waals surface area contributed by atoms with E-state index < -0.39 is 11.7 Å². The Morgan fingerprint density at radius 1 is 1.21 bits per heavy atom. The second-order valence-electron chi connectivity index (χ2n) is 9.01. The Kier molecular flexibility index (Phi) is 5.89. The summed E-state index contributed by atoms with van der Waals surface area (Å²) in [6, 6.07) is 5.65.